The molecule has 0 N–H and O–H groups in total. The highest BCUT2D eigenvalue weighted by Crippen LogP contribution is 2.26. The van der Waals surface area contributed by atoms with E-state index in [1.807, 2.05) is 0 Å². The lowest BCUT2D eigenvalue weighted by molar-refractivity contribution is -0.190. The van der Waals surface area contributed by atoms with E-state index in [0.717, 1.165) is 13.0 Å². The Hall–Kier alpha value is -1.86. The second kappa shape index (κ2) is 6.06. The number of nitrogens with zero attached hydrogens (tertiary/aromatic N) is 1. The molecule has 0 radical (unpaired) electrons. The molecule has 0 fully saturated rings. The van der Waals surface area contributed by atoms with Gasteiger partial charge in [-0.15, -0.1) is 0 Å². The summed E-state index contributed by atoms with van der Waals surface area (Å²) in [5.74, 6) is -2.51. The summed E-state index contributed by atoms with van der Waals surface area (Å²) in [7, 11) is 0. The smallest absolute Gasteiger partial charge is 0.425 e. The first kappa shape index (κ1) is 16.2. The van der Waals surface area contributed by atoms with Crippen LogP contribution < -0.4 is 4.74 Å². The van der Waals surface area contributed by atoms with Crippen molar-refractivity contribution in [1.29, 1.82) is 0 Å². The lowest BCUT2D eigenvalue weighted by Crippen LogP contribution is -2.32. The number of aromatic nitrogens is 1. The Morgan fingerprint density at radius 1 is 1.30 bits per heavy atom. The van der Waals surface area contributed by atoms with Crippen LogP contribution in [0.4, 0.5) is 17.6 Å². The minimum absolute atomic E-state index is 0.491. The van der Waals surface area contributed by atoms with Crippen LogP contribution in [0.3, 0.4) is 0 Å². The fourth-order valence-corrected chi connectivity index (χ4v) is 1.18. The largest absolute Gasteiger partial charge is 0.464 e. The number of halogens is 4. The van der Waals surface area contributed by atoms with Gasteiger partial charge in [0, 0.05) is 0 Å². The van der Waals surface area contributed by atoms with Crippen molar-refractivity contribution < 1.29 is 31.8 Å². The molecule has 0 saturated carbocycles. The number of carbonyl (C=O) groups is 1. The van der Waals surface area contributed by atoms with Gasteiger partial charge in [-0.05, 0) is 26.8 Å². The molecule has 0 spiro atoms. The van der Waals surface area contributed by atoms with Gasteiger partial charge >= 0.3 is 12.1 Å². The van der Waals surface area contributed by atoms with Crippen molar-refractivity contribution in [1.82, 2.24) is 4.98 Å². The molecule has 1 unspecified atom stereocenters. The fourth-order valence-electron chi connectivity index (χ4n) is 1.18. The Kier molecular flexibility index (Phi) is 4.91. The van der Waals surface area contributed by atoms with Gasteiger partial charge < -0.3 is 9.47 Å². The Bertz CT molecular complexity index is 488. The van der Waals surface area contributed by atoms with Crippen molar-refractivity contribution >= 4 is 5.97 Å². The Morgan fingerprint density at radius 2 is 1.90 bits per heavy atom. The van der Waals surface area contributed by atoms with E-state index >= 15 is 0 Å². The van der Waals surface area contributed by atoms with E-state index in [2.05, 4.69) is 9.72 Å². The maximum Gasteiger partial charge on any atom is 0.425 e. The maximum atomic E-state index is 13.1. The molecule has 4 nitrogen and oxygen atoms in total. The molecule has 0 aliphatic rings. The first-order valence-corrected chi connectivity index (χ1v) is 5.71. The molecule has 0 bridgehead atoms. The summed E-state index contributed by atoms with van der Waals surface area (Å²) in [6, 6.07) is 0.718. The van der Waals surface area contributed by atoms with E-state index in [1.54, 1.807) is 13.8 Å². The maximum absolute atomic E-state index is 13.1. The van der Waals surface area contributed by atoms with Crippen LogP contribution >= 0.6 is 0 Å². The third kappa shape index (κ3) is 4.36. The van der Waals surface area contributed by atoms with Crippen LogP contribution in [0.5, 0.6) is 5.88 Å². The topological polar surface area (TPSA) is 48.4 Å². The molecule has 1 aromatic rings. The van der Waals surface area contributed by atoms with E-state index in [0.29, 0.717) is 6.20 Å². The first-order chi connectivity index (χ1) is 9.11. The summed E-state index contributed by atoms with van der Waals surface area (Å²) in [6.07, 6.45) is -6.68. The summed E-state index contributed by atoms with van der Waals surface area (Å²) in [4.78, 5) is 15.0. The van der Waals surface area contributed by atoms with Gasteiger partial charge in [-0.2, -0.15) is 13.2 Å². The SMILES string of the molecule is CC(C)OC(=O)c1cc(F)cnc1OC(C)C(F)(F)F. The fraction of sp³-hybridized carbons (Fsp3) is 0.500. The second-order valence-corrected chi connectivity index (χ2v) is 4.26. The molecule has 1 atom stereocenters. The van der Waals surface area contributed by atoms with E-state index in [9.17, 15) is 22.4 Å². The van der Waals surface area contributed by atoms with Crippen molar-refractivity contribution in [3.8, 4) is 5.88 Å². The molecular weight excluding hydrogens is 282 g/mol. The van der Waals surface area contributed by atoms with Crippen LogP contribution in [-0.2, 0) is 4.74 Å². The van der Waals surface area contributed by atoms with Gasteiger partial charge in [0.15, 0.2) is 6.10 Å². The van der Waals surface area contributed by atoms with Crippen LogP contribution in [-0.4, -0.2) is 29.3 Å². The summed E-state index contributed by atoms with van der Waals surface area (Å²) >= 11 is 0. The van der Waals surface area contributed by atoms with E-state index in [-0.39, 0.29) is 0 Å². The summed E-state index contributed by atoms with van der Waals surface area (Å²) in [5, 5.41) is 0. The molecule has 0 aliphatic carbocycles. The third-order valence-corrected chi connectivity index (χ3v) is 2.13. The molecular formula is C12H13F4NO3. The second-order valence-electron chi connectivity index (χ2n) is 4.26. The Morgan fingerprint density at radius 3 is 2.40 bits per heavy atom. The highest BCUT2D eigenvalue weighted by Gasteiger charge is 2.39. The molecule has 20 heavy (non-hydrogen) atoms. The number of ether oxygens (including phenoxy) is 2. The molecule has 1 aromatic heterocycles. The van der Waals surface area contributed by atoms with Crippen molar-refractivity contribution in [2.24, 2.45) is 0 Å². The van der Waals surface area contributed by atoms with Crippen LogP contribution in [0.15, 0.2) is 12.3 Å². The number of alkyl halides is 3. The van der Waals surface area contributed by atoms with Crippen LogP contribution in [0, 0.1) is 5.82 Å². The molecule has 0 amide bonds. The standard InChI is InChI=1S/C12H13F4NO3/c1-6(2)19-11(18)9-4-8(13)5-17-10(9)20-7(3)12(14,15)16/h4-7H,1-3H3. The van der Waals surface area contributed by atoms with Crippen LogP contribution in [0.1, 0.15) is 31.1 Å². The van der Waals surface area contributed by atoms with E-state index in [4.69, 9.17) is 4.74 Å². The van der Waals surface area contributed by atoms with Crippen molar-refractivity contribution in [3.05, 3.63) is 23.6 Å². The van der Waals surface area contributed by atoms with Gasteiger partial charge in [-0.3, -0.25) is 0 Å². The van der Waals surface area contributed by atoms with Crippen LogP contribution in [0.25, 0.3) is 0 Å². The highest BCUT2D eigenvalue weighted by atomic mass is 19.4. The van der Waals surface area contributed by atoms with Crippen molar-refractivity contribution in [3.63, 3.8) is 0 Å². The predicted octanol–water partition coefficient (Wildman–Crippen LogP) is 3.12. The van der Waals surface area contributed by atoms with Gasteiger partial charge in [-0.1, -0.05) is 0 Å². The highest BCUT2D eigenvalue weighted by molar-refractivity contribution is 5.91. The van der Waals surface area contributed by atoms with Crippen molar-refractivity contribution in [2.45, 2.75) is 39.2 Å². The third-order valence-electron chi connectivity index (χ3n) is 2.13. The normalized spacial score (nSPS) is 13.2. The number of pyridine rings is 1. The molecule has 1 heterocycles. The molecule has 1 rings (SSSR count). The zero-order valence-corrected chi connectivity index (χ0v) is 11.0. The number of hydrogen-bond acceptors (Lipinski definition) is 4. The summed E-state index contributed by atoms with van der Waals surface area (Å²) < 4.78 is 59.7. The predicted molar refractivity (Wildman–Crippen MR) is 60.9 cm³/mol. The van der Waals surface area contributed by atoms with Crippen molar-refractivity contribution in [2.75, 3.05) is 0 Å². The van der Waals surface area contributed by atoms with Gasteiger partial charge in [0.25, 0.3) is 0 Å². The van der Waals surface area contributed by atoms with E-state index < -0.39 is 41.6 Å². The average Bonchev–Trinajstić information content (AvgIpc) is 2.29. The zero-order chi connectivity index (χ0) is 15.5. The summed E-state index contributed by atoms with van der Waals surface area (Å²) in [6.45, 7) is 3.84. The summed E-state index contributed by atoms with van der Waals surface area (Å²) in [5.41, 5.74) is -0.491. The monoisotopic (exact) mass is 295 g/mol. The number of carbonyl (C=O) groups excluding carboxylic acids is 1. The zero-order valence-electron chi connectivity index (χ0n) is 11.0. The lowest BCUT2D eigenvalue weighted by Gasteiger charge is -2.18. The van der Waals surface area contributed by atoms with Gasteiger partial charge in [0.2, 0.25) is 5.88 Å². The number of rotatable bonds is 4. The minimum Gasteiger partial charge on any atom is -0.464 e. The quantitative estimate of drug-likeness (QED) is 0.632. The molecule has 8 heteroatoms. The average molecular weight is 295 g/mol. The first-order valence-electron chi connectivity index (χ1n) is 5.71. The molecule has 0 saturated heterocycles. The van der Waals surface area contributed by atoms with Crippen LogP contribution in [0.2, 0.25) is 0 Å². The lowest BCUT2D eigenvalue weighted by atomic mass is 10.2. The van der Waals surface area contributed by atoms with E-state index in [1.165, 1.54) is 0 Å². The molecule has 112 valence electrons. The Labute approximate surface area is 112 Å². The Balaban J connectivity index is 3.05. The minimum atomic E-state index is -4.63. The molecule has 0 aromatic carbocycles. The van der Waals surface area contributed by atoms with Gasteiger partial charge in [0.05, 0.1) is 12.3 Å². The number of hydrogen-bond donors (Lipinski definition) is 0. The van der Waals surface area contributed by atoms with Gasteiger partial charge in [-0.25, -0.2) is 14.2 Å². The number of esters is 1. The molecule has 0 aliphatic heterocycles. The van der Waals surface area contributed by atoms with Gasteiger partial charge in [0.1, 0.15) is 11.4 Å².